The number of rotatable bonds is 4. The van der Waals surface area contributed by atoms with Crippen molar-refractivity contribution in [1.82, 2.24) is 10.2 Å². The summed E-state index contributed by atoms with van der Waals surface area (Å²) in [5.41, 5.74) is -0.922. The van der Waals surface area contributed by atoms with Gasteiger partial charge in [-0.25, -0.2) is 8.42 Å². The molecule has 18 heavy (non-hydrogen) atoms. The molecule has 2 amide bonds. The van der Waals surface area contributed by atoms with Crippen LogP contribution in [-0.2, 0) is 19.4 Å². The topological polar surface area (TPSA) is 83.6 Å². The number of hydrogen-bond acceptors (Lipinski definition) is 4. The van der Waals surface area contributed by atoms with E-state index in [1.165, 1.54) is 4.90 Å². The van der Waals surface area contributed by atoms with Gasteiger partial charge in [-0.15, -0.1) is 0 Å². The van der Waals surface area contributed by atoms with Crippen molar-refractivity contribution in [2.75, 3.05) is 18.6 Å². The van der Waals surface area contributed by atoms with Crippen LogP contribution in [0.25, 0.3) is 0 Å². The minimum Gasteiger partial charge on any atom is -0.340 e. The van der Waals surface area contributed by atoms with Crippen molar-refractivity contribution in [2.24, 2.45) is 0 Å². The average Bonchev–Trinajstić information content (AvgIpc) is 2.18. The zero-order valence-corrected chi connectivity index (χ0v) is 12.0. The van der Waals surface area contributed by atoms with Gasteiger partial charge in [0.25, 0.3) is 0 Å². The highest BCUT2D eigenvalue weighted by Crippen LogP contribution is 2.18. The lowest BCUT2D eigenvalue weighted by molar-refractivity contribution is -0.152. The number of amides is 2. The van der Waals surface area contributed by atoms with E-state index in [-0.39, 0.29) is 24.1 Å². The predicted octanol–water partition coefficient (Wildman–Crippen LogP) is -0.453. The second-order valence-electron chi connectivity index (χ2n) is 5.27. The Morgan fingerprint density at radius 3 is 2.39 bits per heavy atom. The van der Waals surface area contributed by atoms with E-state index in [1.54, 1.807) is 20.8 Å². The molecule has 0 bridgehead atoms. The lowest BCUT2D eigenvalue weighted by atomic mass is 9.97. The molecule has 0 aliphatic carbocycles. The predicted molar refractivity (Wildman–Crippen MR) is 67.7 cm³/mol. The first kappa shape index (κ1) is 14.9. The van der Waals surface area contributed by atoms with Gasteiger partial charge >= 0.3 is 0 Å². The van der Waals surface area contributed by atoms with E-state index < -0.39 is 21.4 Å². The summed E-state index contributed by atoms with van der Waals surface area (Å²) in [6, 6.07) is -0.551. The van der Waals surface area contributed by atoms with Crippen LogP contribution in [0.3, 0.4) is 0 Å². The molecule has 0 saturated carbocycles. The van der Waals surface area contributed by atoms with Gasteiger partial charge in [-0.3, -0.25) is 9.59 Å². The Morgan fingerprint density at radius 1 is 1.33 bits per heavy atom. The van der Waals surface area contributed by atoms with Crippen molar-refractivity contribution in [2.45, 2.75) is 38.8 Å². The average molecular weight is 276 g/mol. The summed E-state index contributed by atoms with van der Waals surface area (Å²) < 4.78 is 22.1. The van der Waals surface area contributed by atoms with Crippen molar-refractivity contribution in [3.05, 3.63) is 0 Å². The van der Waals surface area contributed by atoms with Gasteiger partial charge < -0.3 is 10.2 Å². The minimum atomic E-state index is -3.04. The Bertz CT molecular complexity index is 456. The summed E-state index contributed by atoms with van der Waals surface area (Å²) >= 11 is 0. The largest absolute Gasteiger partial charge is 0.340 e. The van der Waals surface area contributed by atoms with Crippen molar-refractivity contribution in [3.8, 4) is 0 Å². The molecule has 7 heteroatoms. The molecule has 0 aromatic rings. The molecule has 1 aliphatic rings. The van der Waals surface area contributed by atoms with Gasteiger partial charge in [-0.05, 0) is 27.2 Å². The monoisotopic (exact) mass is 276 g/mol. The van der Waals surface area contributed by atoms with E-state index in [0.717, 1.165) is 6.26 Å². The Morgan fingerprint density at radius 2 is 1.89 bits per heavy atom. The molecule has 0 aromatic carbocycles. The summed E-state index contributed by atoms with van der Waals surface area (Å²) in [6.07, 6.45) is 1.50. The molecule has 1 rings (SSSR count). The molecular formula is C11H20N2O4S. The third-order valence-corrected chi connectivity index (χ3v) is 4.02. The molecular weight excluding hydrogens is 256 g/mol. The second kappa shape index (κ2) is 4.87. The summed E-state index contributed by atoms with van der Waals surface area (Å²) in [5, 5.41) is 2.64. The fraction of sp³-hybridized carbons (Fsp3) is 0.818. The van der Waals surface area contributed by atoms with Gasteiger partial charge in [0.05, 0.1) is 5.75 Å². The van der Waals surface area contributed by atoms with Crippen LogP contribution in [0.5, 0.6) is 0 Å². The van der Waals surface area contributed by atoms with Gasteiger partial charge in [0.2, 0.25) is 11.8 Å². The first-order valence-electron chi connectivity index (χ1n) is 5.85. The third kappa shape index (κ3) is 3.44. The number of nitrogens with one attached hydrogen (secondary N) is 1. The van der Waals surface area contributed by atoms with Crippen LogP contribution >= 0.6 is 0 Å². The molecule has 1 fully saturated rings. The zero-order valence-electron chi connectivity index (χ0n) is 11.2. The summed E-state index contributed by atoms with van der Waals surface area (Å²) in [4.78, 5) is 25.3. The molecule has 0 aromatic heterocycles. The number of carbonyl (C=O) groups excluding carboxylic acids is 2. The van der Waals surface area contributed by atoms with E-state index in [4.69, 9.17) is 0 Å². The Kier molecular flexibility index (Phi) is 4.05. The molecule has 1 N–H and O–H groups in total. The molecule has 0 radical (unpaired) electrons. The normalized spacial score (nSPS) is 24.0. The standard InChI is InChI=1S/C11H20N2O4S/c1-8-9(14)12-11(2,3)10(15)13(8)6-5-7-18(4,16)17/h8H,5-7H2,1-4H3,(H,12,14). The van der Waals surface area contributed by atoms with E-state index in [9.17, 15) is 18.0 Å². The third-order valence-electron chi connectivity index (χ3n) is 2.99. The minimum absolute atomic E-state index is 0.0194. The lowest BCUT2D eigenvalue weighted by Gasteiger charge is -2.41. The highest BCUT2D eigenvalue weighted by molar-refractivity contribution is 7.90. The summed E-state index contributed by atoms with van der Waals surface area (Å²) in [5.74, 6) is -0.368. The van der Waals surface area contributed by atoms with Crippen LogP contribution in [-0.4, -0.2) is 55.3 Å². The van der Waals surface area contributed by atoms with Gasteiger partial charge in [0, 0.05) is 12.8 Å². The van der Waals surface area contributed by atoms with Crippen molar-refractivity contribution in [1.29, 1.82) is 0 Å². The van der Waals surface area contributed by atoms with Gasteiger partial charge in [-0.2, -0.15) is 0 Å². The number of sulfone groups is 1. The van der Waals surface area contributed by atoms with Crippen molar-refractivity contribution < 1.29 is 18.0 Å². The maximum Gasteiger partial charge on any atom is 0.248 e. The van der Waals surface area contributed by atoms with E-state index >= 15 is 0 Å². The van der Waals surface area contributed by atoms with E-state index in [1.807, 2.05) is 0 Å². The first-order chi connectivity index (χ1) is 8.04. The quantitative estimate of drug-likeness (QED) is 0.753. The van der Waals surface area contributed by atoms with Gasteiger partial charge in [0.15, 0.2) is 0 Å². The van der Waals surface area contributed by atoms with Crippen LogP contribution in [0.1, 0.15) is 27.2 Å². The summed E-state index contributed by atoms with van der Waals surface area (Å²) in [7, 11) is -3.04. The van der Waals surface area contributed by atoms with Crippen LogP contribution in [0.4, 0.5) is 0 Å². The molecule has 1 unspecified atom stereocenters. The maximum atomic E-state index is 12.1. The molecule has 1 aliphatic heterocycles. The maximum absolute atomic E-state index is 12.1. The molecule has 104 valence electrons. The van der Waals surface area contributed by atoms with Crippen LogP contribution in [0, 0.1) is 0 Å². The first-order valence-corrected chi connectivity index (χ1v) is 7.91. The van der Waals surface area contributed by atoms with Gasteiger partial charge in [-0.1, -0.05) is 0 Å². The molecule has 1 saturated heterocycles. The Labute approximate surface area is 108 Å². The van der Waals surface area contributed by atoms with Crippen molar-refractivity contribution in [3.63, 3.8) is 0 Å². The number of carbonyl (C=O) groups is 2. The molecule has 1 heterocycles. The van der Waals surface area contributed by atoms with Crippen LogP contribution in [0.15, 0.2) is 0 Å². The second-order valence-corrected chi connectivity index (χ2v) is 7.53. The van der Waals surface area contributed by atoms with Crippen LogP contribution < -0.4 is 5.32 Å². The fourth-order valence-electron chi connectivity index (χ4n) is 1.93. The van der Waals surface area contributed by atoms with E-state index in [0.29, 0.717) is 6.42 Å². The van der Waals surface area contributed by atoms with Crippen LogP contribution in [0.2, 0.25) is 0 Å². The zero-order chi connectivity index (χ0) is 14.1. The van der Waals surface area contributed by atoms with Crippen molar-refractivity contribution >= 4 is 21.7 Å². The fourth-order valence-corrected chi connectivity index (χ4v) is 2.59. The Balaban J connectivity index is 2.72. The molecule has 1 atom stereocenters. The lowest BCUT2D eigenvalue weighted by Crippen LogP contribution is -2.67. The SMILES string of the molecule is CC1C(=O)NC(C)(C)C(=O)N1CCCS(C)(=O)=O. The highest BCUT2D eigenvalue weighted by atomic mass is 32.2. The highest BCUT2D eigenvalue weighted by Gasteiger charge is 2.42. The Hall–Kier alpha value is -1.11. The smallest absolute Gasteiger partial charge is 0.248 e. The number of piperazine rings is 1. The molecule has 6 nitrogen and oxygen atoms in total. The van der Waals surface area contributed by atoms with Gasteiger partial charge in [0.1, 0.15) is 21.4 Å². The number of hydrogen-bond donors (Lipinski definition) is 1. The number of nitrogens with zero attached hydrogens (tertiary/aromatic N) is 1. The summed E-state index contributed by atoms with van der Waals surface area (Å²) in [6.45, 7) is 5.21. The van der Waals surface area contributed by atoms with E-state index in [2.05, 4.69) is 5.32 Å². The molecule has 0 spiro atoms.